The molecule has 8 heteroatoms. The molecule has 0 aromatic rings. The Morgan fingerprint density at radius 1 is 1.55 bits per heavy atom. The average molecular weight is 323 g/mol. The molecule has 0 spiro atoms. The highest BCUT2D eigenvalue weighted by Gasteiger charge is 2.15. The Balaban J connectivity index is 4.87. The van der Waals surface area contributed by atoms with E-state index < -0.39 is 5.97 Å². The Hall–Kier alpha value is -1.21. The molecule has 0 saturated carbocycles. The van der Waals surface area contributed by atoms with E-state index in [0.29, 0.717) is 18.0 Å². The van der Waals surface area contributed by atoms with Crippen LogP contribution in [0, 0.1) is 0 Å². The lowest BCUT2D eigenvalue weighted by Gasteiger charge is -2.07. The van der Waals surface area contributed by atoms with Crippen LogP contribution in [0.25, 0.3) is 0 Å². The van der Waals surface area contributed by atoms with Crippen molar-refractivity contribution >= 4 is 41.6 Å². The van der Waals surface area contributed by atoms with Gasteiger partial charge in [-0.1, -0.05) is 0 Å². The van der Waals surface area contributed by atoms with Crippen LogP contribution < -0.4 is 5.32 Å². The zero-order valence-electron chi connectivity index (χ0n) is 11.5. The van der Waals surface area contributed by atoms with E-state index in [1.165, 1.54) is 18.7 Å². The van der Waals surface area contributed by atoms with Crippen molar-refractivity contribution in [3.63, 3.8) is 0 Å². The zero-order chi connectivity index (χ0) is 15.4. The number of halogens is 1. The number of thioether (sulfide) groups is 1. The second-order valence-electron chi connectivity index (χ2n) is 3.57. The number of aliphatic imine (C=N–C) groups is 1. The van der Waals surface area contributed by atoms with Gasteiger partial charge >= 0.3 is 5.97 Å². The summed E-state index contributed by atoms with van der Waals surface area (Å²) >= 11 is 7.07. The first kappa shape index (κ1) is 18.8. The SMILES string of the molecule is CCOC(=O)/C(N=C(CSCCCCl)NC=O)=C(/C)O. The maximum Gasteiger partial charge on any atom is 0.360 e. The number of carbonyl (C=O) groups is 2. The molecule has 0 aliphatic heterocycles. The number of hydrogen-bond donors (Lipinski definition) is 2. The van der Waals surface area contributed by atoms with Crippen LogP contribution >= 0.6 is 23.4 Å². The van der Waals surface area contributed by atoms with Gasteiger partial charge in [0, 0.05) is 5.88 Å². The summed E-state index contributed by atoms with van der Waals surface area (Å²) in [6.07, 6.45) is 1.30. The number of nitrogens with zero attached hydrogens (tertiary/aromatic N) is 1. The molecule has 0 rings (SSSR count). The van der Waals surface area contributed by atoms with Gasteiger partial charge in [0.15, 0.2) is 5.70 Å². The molecule has 2 N–H and O–H groups in total. The summed E-state index contributed by atoms with van der Waals surface area (Å²) in [7, 11) is 0. The van der Waals surface area contributed by atoms with Crippen molar-refractivity contribution in [2.45, 2.75) is 20.3 Å². The number of rotatable bonds is 9. The maximum absolute atomic E-state index is 11.6. The normalized spacial score (nSPS) is 12.7. The Labute approximate surface area is 127 Å². The number of ether oxygens (including phenoxy) is 1. The second kappa shape index (κ2) is 11.6. The molecule has 0 aromatic carbocycles. The molecule has 0 aromatic heterocycles. The molecule has 1 amide bonds. The van der Waals surface area contributed by atoms with Gasteiger partial charge in [0.25, 0.3) is 0 Å². The number of hydrogen-bond acceptors (Lipinski definition) is 6. The Morgan fingerprint density at radius 3 is 2.75 bits per heavy atom. The monoisotopic (exact) mass is 322 g/mol. The molecule has 0 aliphatic carbocycles. The van der Waals surface area contributed by atoms with E-state index in [9.17, 15) is 14.7 Å². The topological polar surface area (TPSA) is 88.0 Å². The largest absolute Gasteiger partial charge is 0.510 e. The molecule has 0 fully saturated rings. The molecule has 114 valence electrons. The molecular weight excluding hydrogens is 304 g/mol. The first-order valence-corrected chi connectivity index (χ1v) is 7.74. The summed E-state index contributed by atoms with van der Waals surface area (Å²) in [5, 5.41) is 11.9. The molecule has 0 atom stereocenters. The smallest absolute Gasteiger partial charge is 0.360 e. The van der Waals surface area contributed by atoms with Gasteiger partial charge in [-0.15, -0.1) is 11.6 Å². The number of amides is 1. The summed E-state index contributed by atoms with van der Waals surface area (Å²) in [4.78, 5) is 26.1. The quantitative estimate of drug-likeness (QED) is 0.0988. The van der Waals surface area contributed by atoms with Crippen molar-refractivity contribution in [3.8, 4) is 0 Å². The number of aliphatic hydroxyl groups is 1. The first-order valence-electron chi connectivity index (χ1n) is 6.05. The molecule has 0 saturated heterocycles. The highest BCUT2D eigenvalue weighted by molar-refractivity contribution is 7.99. The second-order valence-corrected chi connectivity index (χ2v) is 5.05. The highest BCUT2D eigenvalue weighted by Crippen LogP contribution is 2.09. The van der Waals surface area contributed by atoms with E-state index >= 15 is 0 Å². The minimum absolute atomic E-state index is 0.173. The average Bonchev–Trinajstić information content (AvgIpc) is 2.40. The molecular formula is C12H19ClN2O4S. The fourth-order valence-electron chi connectivity index (χ4n) is 1.11. The van der Waals surface area contributed by atoms with Gasteiger partial charge in [0.1, 0.15) is 11.6 Å². The summed E-state index contributed by atoms with van der Waals surface area (Å²) < 4.78 is 4.78. The van der Waals surface area contributed by atoms with Gasteiger partial charge in [0.2, 0.25) is 6.41 Å². The number of nitrogens with one attached hydrogen (secondary N) is 1. The number of esters is 1. The summed E-state index contributed by atoms with van der Waals surface area (Å²) in [5.41, 5.74) is -0.214. The van der Waals surface area contributed by atoms with Crippen LogP contribution in [-0.2, 0) is 14.3 Å². The molecule has 0 radical (unpaired) electrons. The molecule has 0 aliphatic rings. The molecule has 0 heterocycles. The zero-order valence-corrected chi connectivity index (χ0v) is 13.1. The third-order valence-electron chi connectivity index (χ3n) is 1.94. The van der Waals surface area contributed by atoms with E-state index in [4.69, 9.17) is 16.3 Å². The van der Waals surface area contributed by atoms with Gasteiger partial charge in [-0.3, -0.25) is 4.79 Å². The fourth-order valence-corrected chi connectivity index (χ4v) is 2.23. The highest BCUT2D eigenvalue weighted by atomic mass is 35.5. The Morgan fingerprint density at radius 2 is 2.25 bits per heavy atom. The van der Waals surface area contributed by atoms with Crippen LogP contribution in [0.2, 0.25) is 0 Å². The Kier molecular flexibility index (Phi) is 10.9. The molecule has 6 nitrogen and oxygen atoms in total. The van der Waals surface area contributed by atoms with Crippen molar-refractivity contribution in [2.24, 2.45) is 4.99 Å². The van der Waals surface area contributed by atoms with Gasteiger partial charge in [-0.25, -0.2) is 9.79 Å². The molecule has 0 unspecified atom stereocenters. The summed E-state index contributed by atoms with van der Waals surface area (Å²) in [6, 6.07) is 0. The van der Waals surface area contributed by atoms with Crippen molar-refractivity contribution < 1.29 is 19.4 Å². The number of aliphatic hydroxyl groups excluding tert-OH is 1. The molecule has 20 heavy (non-hydrogen) atoms. The van der Waals surface area contributed by atoms with E-state index in [1.807, 2.05) is 0 Å². The van der Waals surface area contributed by atoms with Gasteiger partial charge in [-0.05, 0) is 26.0 Å². The van der Waals surface area contributed by atoms with Crippen molar-refractivity contribution in [3.05, 3.63) is 11.5 Å². The van der Waals surface area contributed by atoms with Crippen LogP contribution in [0.1, 0.15) is 20.3 Å². The lowest BCUT2D eigenvalue weighted by atomic mass is 10.4. The predicted octanol–water partition coefficient (Wildman–Crippen LogP) is 1.85. The van der Waals surface area contributed by atoms with Crippen LogP contribution in [-0.4, -0.2) is 47.3 Å². The van der Waals surface area contributed by atoms with Crippen molar-refractivity contribution in [2.75, 3.05) is 24.0 Å². The van der Waals surface area contributed by atoms with Crippen molar-refractivity contribution in [1.82, 2.24) is 5.32 Å². The first-order chi connectivity index (χ1) is 9.56. The number of amidine groups is 1. The van der Waals surface area contributed by atoms with E-state index in [1.54, 1.807) is 6.92 Å². The molecule has 0 bridgehead atoms. The third kappa shape index (κ3) is 8.06. The lowest BCUT2D eigenvalue weighted by Crippen LogP contribution is -2.25. The summed E-state index contributed by atoms with van der Waals surface area (Å²) in [6.45, 7) is 3.15. The van der Waals surface area contributed by atoms with Crippen LogP contribution in [0.15, 0.2) is 16.4 Å². The van der Waals surface area contributed by atoms with Gasteiger partial charge < -0.3 is 15.2 Å². The van der Waals surface area contributed by atoms with E-state index in [2.05, 4.69) is 10.3 Å². The summed E-state index contributed by atoms with van der Waals surface area (Å²) in [5.74, 6) is 1.04. The predicted molar refractivity (Wildman–Crippen MR) is 81.3 cm³/mol. The minimum Gasteiger partial charge on any atom is -0.510 e. The van der Waals surface area contributed by atoms with E-state index in [-0.39, 0.29) is 23.9 Å². The van der Waals surface area contributed by atoms with Crippen LogP contribution in [0.3, 0.4) is 0 Å². The fraction of sp³-hybridized carbons (Fsp3) is 0.583. The van der Waals surface area contributed by atoms with E-state index in [0.717, 1.165) is 12.2 Å². The third-order valence-corrected chi connectivity index (χ3v) is 3.27. The Bertz CT molecular complexity index is 382. The number of allylic oxidation sites excluding steroid dienone is 1. The standard InChI is InChI=1S/C12H19ClN2O4S/c1-3-19-12(18)11(9(2)17)15-10(14-8-16)7-20-6-4-5-13/h8,17H,3-7H2,1-2H3,(H,14,15,16)/b11-9+. The maximum atomic E-state index is 11.6. The van der Waals surface area contributed by atoms with Crippen molar-refractivity contribution in [1.29, 1.82) is 0 Å². The lowest BCUT2D eigenvalue weighted by molar-refractivity contribution is -0.138. The van der Waals surface area contributed by atoms with Gasteiger partial charge in [-0.2, -0.15) is 11.8 Å². The van der Waals surface area contributed by atoms with Crippen LogP contribution in [0.5, 0.6) is 0 Å². The number of carbonyl (C=O) groups excluding carboxylic acids is 2. The number of alkyl halides is 1. The van der Waals surface area contributed by atoms with Crippen LogP contribution in [0.4, 0.5) is 0 Å². The minimum atomic E-state index is -0.733. The van der Waals surface area contributed by atoms with Gasteiger partial charge in [0.05, 0.1) is 12.4 Å².